The molecule has 0 unspecified atom stereocenters. The fraction of sp³-hybridized carbons (Fsp3) is 0.176. The van der Waals surface area contributed by atoms with E-state index in [1.54, 1.807) is 30.0 Å². The van der Waals surface area contributed by atoms with E-state index in [1.807, 2.05) is 49.6 Å². The molecule has 2 aromatic carbocycles. The van der Waals surface area contributed by atoms with Crippen molar-refractivity contribution in [2.45, 2.75) is 16.7 Å². The number of aryl methyl sites for hydroxylation is 1. The predicted molar refractivity (Wildman–Crippen MR) is 94.1 cm³/mol. The van der Waals surface area contributed by atoms with Crippen molar-refractivity contribution in [2.75, 3.05) is 17.1 Å². The average molecular weight is 333 g/mol. The maximum absolute atomic E-state index is 12.9. The largest absolute Gasteiger partial charge is 0.264 e. The van der Waals surface area contributed by atoms with Crippen molar-refractivity contribution in [1.29, 1.82) is 0 Å². The third kappa shape index (κ3) is 3.36. The van der Waals surface area contributed by atoms with Crippen molar-refractivity contribution in [1.82, 2.24) is 0 Å². The summed E-state index contributed by atoms with van der Waals surface area (Å²) >= 11 is 1.58. The van der Waals surface area contributed by atoms with Gasteiger partial charge >= 0.3 is 0 Å². The molecule has 0 bridgehead atoms. The van der Waals surface area contributed by atoms with E-state index in [2.05, 4.69) is 6.58 Å². The number of rotatable bonds is 6. The van der Waals surface area contributed by atoms with Crippen molar-refractivity contribution >= 4 is 27.5 Å². The van der Waals surface area contributed by atoms with Gasteiger partial charge in [-0.25, -0.2) is 8.42 Å². The first-order valence-corrected chi connectivity index (χ1v) is 9.50. The summed E-state index contributed by atoms with van der Waals surface area (Å²) in [5, 5.41) is 0. The van der Waals surface area contributed by atoms with Crippen LogP contribution in [0, 0.1) is 6.92 Å². The van der Waals surface area contributed by atoms with Crippen LogP contribution in [0.1, 0.15) is 5.56 Å². The van der Waals surface area contributed by atoms with E-state index >= 15 is 0 Å². The van der Waals surface area contributed by atoms with Crippen LogP contribution in [0.2, 0.25) is 0 Å². The molecule has 0 amide bonds. The van der Waals surface area contributed by atoms with Crippen LogP contribution in [-0.2, 0) is 10.0 Å². The Kier molecular flexibility index (Phi) is 5.32. The van der Waals surface area contributed by atoms with Crippen molar-refractivity contribution < 1.29 is 8.42 Å². The molecule has 0 aliphatic heterocycles. The number of nitrogens with zero attached hydrogens (tertiary/aromatic N) is 1. The molecule has 0 aliphatic rings. The van der Waals surface area contributed by atoms with E-state index in [0.717, 1.165) is 10.5 Å². The zero-order valence-corrected chi connectivity index (χ0v) is 14.3. The fourth-order valence-electron chi connectivity index (χ4n) is 2.16. The van der Waals surface area contributed by atoms with Gasteiger partial charge in [0.25, 0.3) is 10.0 Å². The Hall–Kier alpha value is -1.72. The van der Waals surface area contributed by atoms with Crippen molar-refractivity contribution in [3.05, 3.63) is 66.7 Å². The second kappa shape index (κ2) is 7.03. The number of hydrogen-bond donors (Lipinski definition) is 0. The summed E-state index contributed by atoms with van der Waals surface area (Å²) < 4.78 is 27.3. The van der Waals surface area contributed by atoms with E-state index in [0.29, 0.717) is 5.69 Å². The standard InChI is InChI=1S/C17H19NO2S2/c1-4-13-18(17-8-6-5-7-14(17)2)22(19,20)16-11-9-15(21-3)10-12-16/h4-12H,1,13H2,2-3H3. The molecule has 0 fully saturated rings. The number of sulfonamides is 1. The Balaban J connectivity index is 2.50. The molecule has 0 radical (unpaired) electrons. The molecule has 0 spiro atoms. The molecular weight excluding hydrogens is 314 g/mol. The van der Waals surface area contributed by atoms with Crippen LogP contribution in [-0.4, -0.2) is 21.2 Å². The van der Waals surface area contributed by atoms with E-state index in [9.17, 15) is 8.42 Å². The van der Waals surface area contributed by atoms with Crippen LogP contribution in [0.3, 0.4) is 0 Å². The molecule has 0 atom stereocenters. The minimum Gasteiger partial charge on any atom is -0.262 e. The third-order valence-corrected chi connectivity index (χ3v) is 5.86. The molecule has 0 heterocycles. The first kappa shape index (κ1) is 16.6. The molecule has 0 aliphatic carbocycles. The summed E-state index contributed by atoms with van der Waals surface area (Å²) in [7, 11) is -3.61. The summed E-state index contributed by atoms with van der Waals surface area (Å²) in [4.78, 5) is 1.32. The summed E-state index contributed by atoms with van der Waals surface area (Å²) in [6, 6.07) is 14.4. The molecule has 0 saturated carbocycles. The monoisotopic (exact) mass is 333 g/mol. The number of anilines is 1. The van der Waals surface area contributed by atoms with Gasteiger partial charge in [0.1, 0.15) is 0 Å². The van der Waals surface area contributed by atoms with E-state index in [1.165, 1.54) is 4.31 Å². The summed E-state index contributed by atoms with van der Waals surface area (Å²) in [5.74, 6) is 0. The van der Waals surface area contributed by atoms with E-state index < -0.39 is 10.0 Å². The highest BCUT2D eigenvalue weighted by atomic mass is 32.2. The maximum atomic E-state index is 12.9. The fourth-order valence-corrected chi connectivity index (χ4v) is 4.07. The first-order valence-electron chi connectivity index (χ1n) is 6.84. The van der Waals surface area contributed by atoms with Gasteiger partial charge < -0.3 is 0 Å². The van der Waals surface area contributed by atoms with Crippen molar-refractivity contribution in [2.24, 2.45) is 0 Å². The Labute approximate surface area is 136 Å². The second-order valence-corrected chi connectivity index (χ2v) is 7.53. The minimum atomic E-state index is -3.61. The molecule has 22 heavy (non-hydrogen) atoms. The van der Waals surface area contributed by atoms with Crippen LogP contribution >= 0.6 is 11.8 Å². The normalized spacial score (nSPS) is 11.2. The van der Waals surface area contributed by atoms with Crippen LogP contribution in [0.4, 0.5) is 5.69 Å². The van der Waals surface area contributed by atoms with Gasteiger partial charge in [0.2, 0.25) is 0 Å². The predicted octanol–water partition coefficient (Wildman–Crippen LogP) is 4.10. The summed E-state index contributed by atoms with van der Waals surface area (Å²) in [5.41, 5.74) is 1.59. The van der Waals surface area contributed by atoms with Gasteiger partial charge in [0.15, 0.2) is 0 Å². The number of para-hydroxylation sites is 1. The van der Waals surface area contributed by atoms with Gasteiger partial charge in [-0.15, -0.1) is 18.3 Å². The smallest absolute Gasteiger partial charge is 0.262 e. The van der Waals surface area contributed by atoms with Gasteiger partial charge in [-0.2, -0.15) is 0 Å². The van der Waals surface area contributed by atoms with Crippen LogP contribution in [0.25, 0.3) is 0 Å². The highest BCUT2D eigenvalue weighted by molar-refractivity contribution is 7.98. The van der Waals surface area contributed by atoms with Crippen LogP contribution < -0.4 is 4.31 Å². The van der Waals surface area contributed by atoms with Gasteiger partial charge in [-0.1, -0.05) is 24.3 Å². The summed E-state index contributed by atoms with van der Waals surface area (Å²) in [6.07, 6.45) is 3.56. The van der Waals surface area contributed by atoms with E-state index in [4.69, 9.17) is 0 Å². The SMILES string of the molecule is C=CCN(c1ccccc1C)S(=O)(=O)c1ccc(SC)cc1. The minimum absolute atomic E-state index is 0.234. The lowest BCUT2D eigenvalue weighted by Crippen LogP contribution is -2.31. The molecule has 0 saturated heterocycles. The zero-order valence-electron chi connectivity index (χ0n) is 12.7. The quantitative estimate of drug-likeness (QED) is 0.590. The molecule has 116 valence electrons. The lowest BCUT2D eigenvalue weighted by molar-refractivity contribution is 0.592. The Bertz CT molecular complexity index is 752. The lowest BCUT2D eigenvalue weighted by atomic mass is 10.2. The topological polar surface area (TPSA) is 37.4 Å². The average Bonchev–Trinajstić information content (AvgIpc) is 2.53. The maximum Gasteiger partial charge on any atom is 0.264 e. The number of hydrogen-bond acceptors (Lipinski definition) is 3. The number of thioether (sulfide) groups is 1. The third-order valence-electron chi connectivity index (χ3n) is 3.33. The lowest BCUT2D eigenvalue weighted by Gasteiger charge is -2.24. The Morgan fingerprint density at radius 1 is 1.14 bits per heavy atom. The highest BCUT2D eigenvalue weighted by Gasteiger charge is 2.24. The molecule has 0 aromatic heterocycles. The van der Waals surface area contributed by atoms with Crippen LogP contribution in [0.15, 0.2) is 71.0 Å². The van der Waals surface area contributed by atoms with E-state index in [-0.39, 0.29) is 11.4 Å². The Morgan fingerprint density at radius 2 is 1.77 bits per heavy atom. The van der Waals surface area contributed by atoms with Gasteiger partial charge in [-0.3, -0.25) is 4.31 Å². The van der Waals surface area contributed by atoms with Gasteiger partial charge in [0.05, 0.1) is 17.1 Å². The molecule has 2 aromatic rings. The highest BCUT2D eigenvalue weighted by Crippen LogP contribution is 2.27. The van der Waals surface area contributed by atoms with Gasteiger partial charge in [-0.05, 0) is 49.1 Å². The van der Waals surface area contributed by atoms with Crippen LogP contribution in [0.5, 0.6) is 0 Å². The van der Waals surface area contributed by atoms with Gasteiger partial charge in [0, 0.05) is 4.90 Å². The molecule has 2 rings (SSSR count). The number of benzene rings is 2. The van der Waals surface area contributed by atoms with Crippen molar-refractivity contribution in [3.63, 3.8) is 0 Å². The first-order chi connectivity index (χ1) is 10.5. The second-order valence-electron chi connectivity index (χ2n) is 4.79. The molecule has 3 nitrogen and oxygen atoms in total. The molecule has 0 N–H and O–H groups in total. The zero-order chi connectivity index (χ0) is 16.2. The Morgan fingerprint density at radius 3 is 2.32 bits per heavy atom. The molecule has 5 heteroatoms. The van der Waals surface area contributed by atoms with Crippen molar-refractivity contribution in [3.8, 4) is 0 Å². The molecular formula is C17H19NO2S2. The summed E-state index contributed by atoms with van der Waals surface area (Å²) in [6.45, 7) is 5.81.